The minimum Gasteiger partial charge on any atom is -0.462 e. The Bertz CT molecular complexity index is 779. The average molecular weight is 723 g/mol. The van der Waals surface area contributed by atoms with Crippen LogP contribution >= 0.6 is 0 Å². The summed E-state index contributed by atoms with van der Waals surface area (Å²) in [7, 11) is 0. The molecule has 0 saturated carbocycles. The van der Waals surface area contributed by atoms with Crippen molar-refractivity contribution in [1.82, 2.24) is 0 Å². The van der Waals surface area contributed by atoms with Gasteiger partial charge in [-0.2, -0.15) is 0 Å². The summed E-state index contributed by atoms with van der Waals surface area (Å²) in [6.45, 7) is 11.2. The quantitative estimate of drug-likeness (QED) is 0.0357. The molecule has 0 aliphatic carbocycles. The predicted molar refractivity (Wildman–Crippen MR) is 215 cm³/mol. The first-order valence-electron chi connectivity index (χ1n) is 22.2. The molecule has 0 heterocycles. The second-order valence-corrected chi connectivity index (χ2v) is 16.3. The molecule has 0 aliphatic heterocycles. The van der Waals surface area contributed by atoms with Gasteiger partial charge in [-0.3, -0.25) is 14.4 Å². The highest BCUT2D eigenvalue weighted by atomic mass is 16.6. The zero-order valence-corrected chi connectivity index (χ0v) is 34.7. The van der Waals surface area contributed by atoms with E-state index >= 15 is 0 Å². The van der Waals surface area contributed by atoms with Crippen LogP contribution in [-0.2, 0) is 28.6 Å². The Balaban J connectivity index is 4.19. The van der Waals surface area contributed by atoms with Crippen LogP contribution in [0.2, 0.25) is 0 Å². The normalized spacial score (nSPS) is 12.1. The molecule has 0 bridgehead atoms. The van der Waals surface area contributed by atoms with E-state index in [0.29, 0.717) is 19.3 Å². The maximum Gasteiger partial charge on any atom is 0.306 e. The fourth-order valence-corrected chi connectivity index (χ4v) is 6.58. The van der Waals surface area contributed by atoms with E-state index in [4.69, 9.17) is 14.2 Å². The largest absolute Gasteiger partial charge is 0.462 e. The summed E-state index contributed by atoms with van der Waals surface area (Å²) in [6, 6.07) is 0. The first-order chi connectivity index (χ1) is 24.7. The van der Waals surface area contributed by atoms with Crippen LogP contribution in [0.15, 0.2) is 0 Å². The Morgan fingerprint density at radius 3 is 0.961 bits per heavy atom. The SMILES string of the molecule is CCCCCCCC(=O)OC[C@@H](COC(=O)CCCCCCCCCCCC(C)C)OC(=O)CCCCCCCCCCCCCCCC(C)C. The Kier molecular flexibility index (Phi) is 37.0. The molecule has 0 amide bonds. The Hall–Kier alpha value is -1.59. The van der Waals surface area contributed by atoms with Crippen LogP contribution in [0.3, 0.4) is 0 Å². The van der Waals surface area contributed by atoms with E-state index < -0.39 is 6.10 Å². The van der Waals surface area contributed by atoms with Crippen LogP contribution in [-0.4, -0.2) is 37.2 Å². The molecule has 0 N–H and O–H groups in total. The van der Waals surface area contributed by atoms with Crippen molar-refractivity contribution in [3.8, 4) is 0 Å². The average Bonchev–Trinajstić information content (AvgIpc) is 3.09. The number of esters is 3. The van der Waals surface area contributed by atoms with E-state index in [2.05, 4.69) is 34.6 Å². The molecule has 6 heteroatoms. The fraction of sp³-hybridized carbons (Fsp3) is 0.933. The number of rotatable bonds is 39. The van der Waals surface area contributed by atoms with E-state index in [-0.39, 0.29) is 31.1 Å². The number of unbranched alkanes of at least 4 members (excludes halogenated alkanes) is 24. The number of ether oxygens (including phenoxy) is 3. The van der Waals surface area contributed by atoms with Crippen LogP contribution in [0, 0.1) is 11.8 Å². The minimum atomic E-state index is -0.758. The lowest BCUT2D eigenvalue weighted by Crippen LogP contribution is -2.30. The van der Waals surface area contributed by atoms with Crippen molar-refractivity contribution in [2.45, 2.75) is 246 Å². The van der Waals surface area contributed by atoms with Gasteiger partial charge in [-0.25, -0.2) is 0 Å². The van der Waals surface area contributed by atoms with Crippen molar-refractivity contribution in [3.63, 3.8) is 0 Å². The molecular formula is C45H86O6. The highest BCUT2D eigenvalue weighted by Gasteiger charge is 2.19. The maximum absolute atomic E-state index is 12.7. The number of hydrogen-bond acceptors (Lipinski definition) is 6. The van der Waals surface area contributed by atoms with Crippen LogP contribution in [0.4, 0.5) is 0 Å². The lowest BCUT2D eigenvalue weighted by atomic mass is 10.0. The van der Waals surface area contributed by atoms with Crippen molar-refractivity contribution < 1.29 is 28.6 Å². The molecule has 51 heavy (non-hydrogen) atoms. The van der Waals surface area contributed by atoms with Gasteiger partial charge >= 0.3 is 17.9 Å². The fourth-order valence-electron chi connectivity index (χ4n) is 6.58. The second kappa shape index (κ2) is 38.1. The number of hydrogen-bond donors (Lipinski definition) is 0. The third kappa shape index (κ3) is 39.5. The molecule has 0 fully saturated rings. The van der Waals surface area contributed by atoms with E-state index in [0.717, 1.165) is 76.0 Å². The summed E-state index contributed by atoms with van der Waals surface area (Å²) in [4.78, 5) is 37.4. The van der Waals surface area contributed by atoms with Crippen LogP contribution in [0.25, 0.3) is 0 Å². The van der Waals surface area contributed by atoms with Crippen LogP contribution in [0.1, 0.15) is 240 Å². The van der Waals surface area contributed by atoms with Gasteiger partial charge in [0.25, 0.3) is 0 Å². The third-order valence-electron chi connectivity index (χ3n) is 9.97. The summed E-state index contributed by atoms with van der Waals surface area (Å²) < 4.78 is 16.6. The lowest BCUT2D eigenvalue weighted by molar-refractivity contribution is -0.167. The first kappa shape index (κ1) is 49.4. The molecule has 0 aromatic carbocycles. The van der Waals surface area contributed by atoms with E-state index in [1.54, 1.807) is 0 Å². The van der Waals surface area contributed by atoms with Crippen molar-refractivity contribution in [2.24, 2.45) is 11.8 Å². The summed E-state index contributed by atoms with van der Waals surface area (Å²) in [5, 5.41) is 0. The van der Waals surface area contributed by atoms with Gasteiger partial charge in [0, 0.05) is 19.3 Å². The zero-order chi connectivity index (χ0) is 37.6. The van der Waals surface area contributed by atoms with Gasteiger partial charge in [0.15, 0.2) is 6.10 Å². The lowest BCUT2D eigenvalue weighted by Gasteiger charge is -2.18. The summed E-state index contributed by atoms with van der Waals surface area (Å²) >= 11 is 0. The molecule has 0 aliphatic rings. The van der Waals surface area contributed by atoms with E-state index in [9.17, 15) is 14.4 Å². The van der Waals surface area contributed by atoms with E-state index in [1.807, 2.05) is 0 Å². The summed E-state index contributed by atoms with van der Waals surface area (Å²) in [6.07, 6.45) is 35.5. The standard InChI is InChI=1S/C45H86O6/c1-6-7-8-23-30-35-43(46)49-38-42(39-50-44(47)36-31-26-21-18-14-16-20-25-29-34-41(4)5)51-45(48)37-32-27-22-17-13-11-9-10-12-15-19-24-28-33-40(2)3/h40-42H,6-39H2,1-5H3/t42-/m0/s1. The van der Waals surface area contributed by atoms with Crippen LogP contribution in [0.5, 0.6) is 0 Å². The highest BCUT2D eigenvalue weighted by molar-refractivity contribution is 5.71. The molecule has 0 radical (unpaired) electrons. The molecule has 6 nitrogen and oxygen atoms in total. The topological polar surface area (TPSA) is 78.9 Å². The Morgan fingerprint density at radius 1 is 0.373 bits per heavy atom. The van der Waals surface area contributed by atoms with E-state index in [1.165, 1.54) is 122 Å². The molecule has 0 unspecified atom stereocenters. The second-order valence-electron chi connectivity index (χ2n) is 16.3. The smallest absolute Gasteiger partial charge is 0.306 e. The number of carbonyl (C=O) groups excluding carboxylic acids is 3. The van der Waals surface area contributed by atoms with Crippen molar-refractivity contribution in [1.29, 1.82) is 0 Å². The Morgan fingerprint density at radius 2 is 0.647 bits per heavy atom. The van der Waals surface area contributed by atoms with Crippen molar-refractivity contribution >= 4 is 17.9 Å². The maximum atomic E-state index is 12.7. The molecule has 0 saturated heterocycles. The molecule has 0 aromatic heterocycles. The van der Waals surface area contributed by atoms with Gasteiger partial charge in [0.2, 0.25) is 0 Å². The van der Waals surface area contributed by atoms with Gasteiger partial charge < -0.3 is 14.2 Å². The molecule has 0 rings (SSSR count). The molecule has 0 spiro atoms. The molecular weight excluding hydrogens is 636 g/mol. The number of carbonyl (C=O) groups is 3. The zero-order valence-electron chi connectivity index (χ0n) is 34.7. The minimum absolute atomic E-state index is 0.0662. The van der Waals surface area contributed by atoms with Gasteiger partial charge in [0.1, 0.15) is 13.2 Å². The van der Waals surface area contributed by atoms with Crippen LogP contribution < -0.4 is 0 Å². The highest BCUT2D eigenvalue weighted by Crippen LogP contribution is 2.16. The van der Waals surface area contributed by atoms with Gasteiger partial charge in [-0.15, -0.1) is 0 Å². The monoisotopic (exact) mass is 723 g/mol. The van der Waals surface area contributed by atoms with Gasteiger partial charge in [0.05, 0.1) is 0 Å². The predicted octanol–water partition coefficient (Wildman–Crippen LogP) is 13.8. The third-order valence-corrected chi connectivity index (χ3v) is 9.97. The summed E-state index contributed by atoms with van der Waals surface area (Å²) in [5.41, 5.74) is 0. The summed E-state index contributed by atoms with van der Waals surface area (Å²) in [5.74, 6) is 0.774. The Labute approximate surface area is 317 Å². The van der Waals surface area contributed by atoms with Crippen molar-refractivity contribution in [2.75, 3.05) is 13.2 Å². The molecule has 302 valence electrons. The van der Waals surface area contributed by atoms with Gasteiger partial charge in [-0.1, -0.05) is 202 Å². The molecule has 1 atom stereocenters. The van der Waals surface area contributed by atoms with Crippen molar-refractivity contribution in [3.05, 3.63) is 0 Å². The van der Waals surface area contributed by atoms with Gasteiger partial charge in [-0.05, 0) is 31.1 Å². The molecule has 0 aromatic rings. The first-order valence-corrected chi connectivity index (χ1v) is 22.2.